The van der Waals surface area contributed by atoms with Crippen LogP contribution in [-0.2, 0) is 14.3 Å². The van der Waals surface area contributed by atoms with Gasteiger partial charge in [-0.2, -0.15) is 0 Å². The molecule has 0 amide bonds. The first kappa shape index (κ1) is 14.4. The molecule has 20 heavy (non-hydrogen) atoms. The first-order chi connectivity index (χ1) is 9.63. The van der Waals surface area contributed by atoms with Crippen LogP contribution in [-0.4, -0.2) is 29.1 Å². The summed E-state index contributed by atoms with van der Waals surface area (Å²) >= 11 is 0. The number of ketones is 2. The van der Waals surface area contributed by atoms with Crippen molar-refractivity contribution in [3.8, 4) is 0 Å². The zero-order chi connectivity index (χ0) is 14.5. The van der Waals surface area contributed by atoms with Gasteiger partial charge >= 0.3 is 5.97 Å². The highest BCUT2D eigenvalue weighted by Crippen LogP contribution is 2.29. The molecule has 5 heteroatoms. The Bertz CT molecular complexity index is 512. The minimum absolute atomic E-state index is 0.0904. The first-order valence-corrected chi connectivity index (χ1v) is 6.77. The summed E-state index contributed by atoms with van der Waals surface area (Å²) in [5, 5.41) is 0. The highest BCUT2D eigenvalue weighted by Gasteiger charge is 2.37. The highest BCUT2D eigenvalue weighted by molar-refractivity contribution is 6.11. The fourth-order valence-electron chi connectivity index (χ4n) is 2.47. The van der Waals surface area contributed by atoms with E-state index in [9.17, 15) is 14.4 Å². The standard InChI is InChI=1S/C15H17NO4/c1-2-20-15(19)11-3-4-13(17)12(9-11)14(18)10-5-7-16-8-6-10/h5-8,11-12H,2-4,9H2,1H3. The summed E-state index contributed by atoms with van der Waals surface area (Å²) in [7, 11) is 0. The number of aromatic nitrogens is 1. The SMILES string of the molecule is CCOC(=O)C1CCC(=O)C(C(=O)c2ccncc2)C1. The van der Waals surface area contributed by atoms with E-state index in [4.69, 9.17) is 4.74 Å². The molecule has 0 N–H and O–H groups in total. The Morgan fingerprint density at radius 3 is 2.70 bits per heavy atom. The van der Waals surface area contributed by atoms with Crippen molar-refractivity contribution in [2.45, 2.75) is 26.2 Å². The molecule has 2 atom stereocenters. The van der Waals surface area contributed by atoms with Gasteiger partial charge < -0.3 is 4.74 Å². The lowest BCUT2D eigenvalue weighted by atomic mass is 9.77. The van der Waals surface area contributed by atoms with Crippen molar-refractivity contribution in [2.75, 3.05) is 6.61 Å². The van der Waals surface area contributed by atoms with Crippen LogP contribution in [0.1, 0.15) is 36.5 Å². The van der Waals surface area contributed by atoms with E-state index >= 15 is 0 Å². The average Bonchev–Trinajstić information content (AvgIpc) is 2.48. The van der Waals surface area contributed by atoms with Crippen LogP contribution < -0.4 is 0 Å². The molecule has 0 saturated heterocycles. The fraction of sp³-hybridized carbons (Fsp3) is 0.467. The molecular formula is C15H17NO4. The minimum Gasteiger partial charge on any atom is -0.466 e. The third kappa shape index (κ3) is 3.10. The van der Waals surface area contributed by atoms with Crippen molar-refractivity contribution >= 4 is 17.5 Å². The van der Waals surface area contributed by atoms with Gasteiger partial charge in [0.15, 0.2) is 5.78 Å². The molecule has 106 valence electrons. The molecule has 1 heterocycles. The summed E-state index contributed by atoms with van der Waals surface area (Å²) in [6.45, 7) is 2.05. The van der Waals surface area contributed by atoms with Crippen LogP contribution in [0.2, 0.25) is 0 Å². The van der Waals surface area contributed by atoms with Gasteiger partial charge in [-0.1, -0.05) is 0 Å². The van der Waals surface area contributed by atoms with Crippen LogP contribution in [0, 0.1) is 11.8 Å². The van der Waals surface area contributed by atoms with E-state index in [1.807, 2.05) is 0 Å². The Balaban J connectivity index is 2.11. The van der Waals surface area contributed by atoms with Gasteiger partial charge in [0, 0.05) is 24.4 Å². The van der Waals surface area contributed by atoms with Crippen LogP contribution >= 0.6 is 0 Å². The van der Waals surface area contributed by atoms with Crippen molar-refractivity contribution in [2.24, 2.45) is 11.8 Å². The number of nitrogens with zero attached hydrogens (tertiary/aromatic N) is 1. The van der Waals surface area contributed by atoms with E-state index in [-0.39, 0.29) is 36.3 Å². The molecule has 0 aromatic carbocycles. The van der Waals surface area contributed by atoms with E-state index in [0.717, 1.165) is 0 Å². The summed E-state index contributed by atoms with van der Waals surface area (Å²) in [6, 6.07) is 3.17. The van der Waals surface area contributed by atoms with Gasteiger partial charge in [0.1, 0.15) is 5.78 Å². The van der Waals surface area contributed by atoms with Crippen LogP contribution in [0.4, 0.5) is 0 Å². The zero-order valence-electron chi connectivity index (χ0n) is 11.4. The number of carbonyl (C=O) groups excluding carboxylic acids is 3. The molecule has 1 aliphatic carbocycles. The van der Waals surface area contributed by atoms with Crippen molar-refractivity contribution in [1.29, 1.82) is 0 Å². The number of pyridine rings is 1. The Labute approximate surface area is 117 Å². The molecule has 1 aliphatic rings. The van der Waals surface area contributed by atoms with Gasteiger partial charge in [-0.15, -0.1) is 0 Å². The second-order valence-corrected chi connectivity index (χ2v) is 4.84. The predicted molar refractivity (Wildman–Crippen MR) is 71.0 cm³/mol. The highest BCUT2D eigenvalue weighted by atomic mass is 16.5. The summed E-state index contributed by atoms with van der Waals surface area (Å²) in [6.07, 6.45) is 4.01. The van der Waals surface area contributed by atoms with Gasteiger partial charge in [0.2, 0.25) is 0 Å². The largest absolute Gasteiger partial charge is 0.466 e. The smallest absolute Gasteiger partial charge is 0.308 e. The van der Waals surface area contributed by atoms with Gasteiger partial charge in [-0.3, -0.25) is 19.4 Å². The van der Waals surface area contributed by atoms with E-state index in [1.165, 1.54) is 12.4 Å². The Morgan fingerprint density at radius 1 is 1.35 bits per heavy atom. The van der Waals surface area contributed by atoms with E-state index < -0.39 is 5.92 Å². The van der Waals surface area contributed by atoms with E-state index in [2.05, 4.69) is 4.98 Å². The lowest BCUT2D eigenvalue weighted by Gasteiger charge is -2.25. The van der Waals surface area contributed by atoms with Crippen LogP contribution in [0.3, 0.4) is 0 Å². The van der Waals surface area contributed by atoms with E-state index in [0.29, 0.717) is 18.6 Å². The van der Waals surface area contributed by atoms with Crippen molar-refractivity contribution in [3.05, 3.63) is 30.1 Å². The minimum atomic E-state index is -0.736. The molecule has 0 bridgehead atoms. The number of rotatable bonds is 4. The van der Waals surface area contributed by atoms with Gasteiger partial charge in [-0.05, 0) is 31.9 Å². The van der Waals surface area contributed by atoms with Crippen LogP contribution in [0.25, 0.3) is 0 Å². The molecule has 5 nitrogen and oxygen atoms in total. The maximum absolute atomic E-state index is 12.3. The summed E-state index contributed by atoms with van der Waals surface area (Å²) < 4.78 is 4.98. The third-order valence-electron chi connectivity index (χ3n) is 3.55. The molecule has 0 aliphatic heterocycles. The zero-order valence-corrected chi connectivity index (χ0v) is 11.4. The molecule has 1 fully saturated rings. The Kier molecular flexibility index (Phi) is 4.61. The number of hydrogen-bond acceptors (Lipinski definition) is 5. The van der Waals surface area contributed by atoms with Crippen molar-refractivity contribution < 1.29 is 19.1 Å². The maximum atomic E-state index is 12.3. The normalized spacial score (nSPS) is 22.4. The third-order valence-corrected chi connectivity index (χ3v) is 3.55. The number of ether oxygens (including phenoxy) is 1. The molecule has 1 aromatic rings. The quantitative estimate of drug-likeness (QED) is 0.476. The Hall–Kier alpha value is -2.04. The molecule has 2 unspecified atom stereocenters. The summed E-state index contributed by atoms with van der Waals surface area (Å²) in [4.78, 5) is 39.9. The monoisotopic (exact) mass is 275 g/mol. The van der Waals surface area contributed by atoms with Gasteiger partial charge in [0.25, 0.3) is 0 Å². The second-order valence-electron chi connectivity index (χ2n) is 4.84. The van der Waals surface area contributed by atoms with Crippen LogP contribution in [0.5, 0.6) is 0 Å². The van der Waals surface area contributed by atoms with Gasteiger partial charge in [0.05, 0.1) is 18.4 Å². The van der Waals surface area contributed by atoms with Crippen LogP contribution in [0.15, 0.2) is 24.5 Å². The molecule has 0 radical (unpaired) electrons. The average molecular weight is 275 g/mol. The lowest BCUT2D eigenvalue weighted by molar-refractivity contribution is -0.150. The molecule has 1 aromatic heterocycles. The van der Waals surface area contributed by atoms with Gasteiger partial charge in [-0.25, -0.2) is 0 Å². The van der Waals surface area contributed by atoms with Crippen molar-refractivity contribution in [3.63, 3.8) is 0 Å². The van der Waals surface area contributed by atoms with Crippen molar-refractivity contribution in [1.82, 2.24) is 4.98 Å². The number of Topliss-reactive ketones (excluding diaryl/α,β-unsaturated/α-hetero) is 2. The maximum Gasteiger partial charge on any atom is 0.308 e. The molecule has 0 spiro atoms. The summed E-state index contributed by atoms with van der Waals surface area (Å²) in [5.74, 6) is -1.73. The molecular weight excluding hydrogens is 258 g/mol. The number of carbonyl (C=O) groups is 3. The Morgan fingerprint density at radius 2 is 2.05 bits per heavy atom. The second kappa shape index (κ2) is 6.41. The lowest BCUT2D eigenvalue weighted by Crippen LogP contribution is -2.35. The molecule has 1 saturated carbocycles. The molecule has 2 rings (SSSR count). The van der Waals surface area contributed by atoms with E-state index in [1.54, 1.807) is 19.1 Å². The fourth-order valence-corrected chi connectivity index (χ4v) is 2.47. The summed E-state index contributed by atoms with van der Waals surface area (Å²) in [5.41, 5.74) is 0.461. The number of esters is 1. The number of hydrogen-bond donors (Lipinski definition) is 0. The first-order valence-electron chi connectivity index (χ1n) is 6.77. The topological polar surface area (TPSA) is 73.3 Å². The predicted octanol–water partition coefficient (Wildman–Crippen LogP) is 1.81.